The number of hydrogen-bond acceptors (Lipinski definition) is 2. The van der Waals surface area contributed by atoms with Crippen LogP contribution in [0.3, 0.4) is 0 Å². The van der Waals surface area contributed by atoms with Crippen LogP contribution in [0.15, 0.2) is 182 Å². The molecule has 9 aromatic carbocycles. The largest absolute Gasteiger partial charge is 0.310 e. The molecule has 0 unspecified atom stereocenters. The normalized spacial score (nSPS) is 12.2. The Morgan fingerprint density at radius 2 is 0.710 bits per heavy atom. The SMILES string of the molecule is Cc1ccc(N(c2cccc(C)c2)c2ccc3c4cc5c(cc4n4c6ccccc6c2c34)c2ccc(N(c3ccc(C)cc3)c3cccc(C)c3)c3c4ccccc4n5c23)cc1. The van der Waals surface area contributed by atoms with Gasteiger partial charge in [-0.25, -0.2) is 0 Å². The van der Waals surface area contributed by atoms with Crippen molar-refractivity contribution in [2.75, 3.05) is 9.80 Å². The highest BCUT2D eigenvalue weighted by atomic mass is 15.2. The lowest BCUT2D eigenvalue weighted by Gasteiger charge is -2.27. The monoisotopic (exact) mass is 794 g/mol. The summed E-state index contributed by atoms with van der Waals surface area (Å²) in [4.78, 5) is 4.89. The third-order valence-corrected chi connectivity index (χ3v) is 13.3. The molecular weight excluding hydrogens is 753 g/mol. The molecule has 0 N–H and O–H groups in total. The number of fused-ring (bicyclic) bond motifs is 12. The lowest BCUT2D eigenvalue weighted by atomic mass is 10.0. The molecule has 4 heteroatoms. The van der Waals surface area contributed by atoms with Gasteiger partial charge in [0.05, 0.1) is 44.5 Å². The van der Waals surface area contributed by atoms with Crippen molar-refractivity contribution >= 4 is 110 Å². The lowest BCUT2D eigenvalue weighted by molar-refractivity contribution is 1.28. The van der Waals surface area contributed by atoms with Gasteiger partial charge in [-0.05, 0) is 124 Å². The van der Waals surface area contributed by atoms with Gasteiger partial charge < -0.3 is 18.6 Å². The Labute approximate surface area is 359 Å². The van der Waals surface area contributed by atoms with Crippen LogP contribution in [0.25, 0.3) is 76.2 Å². The first-order valence-corrected chi connectivity index (χ1v) is 21.6. The molecule has 0 aliphatic carbocycles. The van der Waals surface area contributed by atoms with Gasteiger partial charge in [0.25, 0.3) is 0 Å². The number of aryl methyl sites for hydroxylation is 4. The Bertz CT molecular complexity index is 3650. The molecule has 294 valence electrons. The molecule has 0 atom stereocenters. The summed E-state index contributed by atoms with van der Waals surface area (Å²) in [5.41, 5.74) is 19.3. The van der Waals surface area contributed by atoms with Crippen LogP contribution < -0.4 is 9.80 Å². The third-order valence-electron chi connectivity index (χ3n) is 13.3. The summed E-state index contributed by atoms with van der Waals surface area (Å²) in [6, 6.07) is 67.9. The zero-order valence-electron chi connectivity index (χ0n) is 35.1. The molecule has 0 fully saturated rings. The minimum absolute atomic E-state index is 1.14. The fourth-order valence-electron chi connectivity index (χ4n) is 10.6. The topological polar surface area (TPSA) is 15.3 Å². The molecule has 4 nitrogen and oxygen atoms in total. The van der Waals surface area contributed by atoms with E-state index in [0.29, 0.717) is 0 Å². The van der Waals surface area contributed by atoms with E-state index in [1.807, 2.05) is 0 Å². The molecule has 0 aliphatic heterocycles. The predicted octanol–water partition coefficient (Wildman–Crippen LogP) is 16.2. The van der Waals surface area contributed by atoms with Gasteiger partial charge in [0.1, 0.15) is 0 Å². The highest BCUT2D eigenvalue weighted by Gasteiger charge is 2.28. The van der Waals surface area contributed by atoms with Crippen molar-refractivity contribution in [1.82, 2.24) is 8.80 Å². The number of hydrogen-bond donors (Lipinski definition) is 0. The second kappa shape index (κ2) is 12.8. The van der Waals surface area contributed by atoms with E-state index in [9.17, 15) is 0 Å². The van der Waals surface area contributed by atoms with Crippen molar-refractivity contribution in [3.05, 3.63) is 204 Å². The van der Waals surface area contributed by atoms with Gasteiger partial charge in [0, 0.05) is 65.8 Å². The van der Waals surface area contributed by atoms with Gasteiger partial charge in [-0.1, -0.05) is 108 Å². The Balaban J connectivity index is 1.12. The number of anilines is 6. The zero-order chi connectivity index (χ0) is 41.4. The molecule has 0 aliphatic rings. The summed E-state index contributed by atoms with van der Waals surface area (Å²) in [6.07, 6.45) is 0. The summed E-state index contributed by atoms with van der Waals surface area (Å²) in [5, 5.41) is 10.1. The van der Waals surface area contributed by atoms with Gasteiger partial charge in [0.2, 0.25) is 0 Å². The number of rotatable bonds is 6. The molecule has 4 aromatic heterocycles. The van der Waals surface area contributed by atoms with E-state index in [1.165, 1.54) is 110 Å². The highest BCUT2D eigenvalue weighted by Crippen LogP contribution is 2.51. The third kappa shape index (κ3) is 4.83. The fourth-order valence-corrected chi connectivity index (χ4v) is 10.6. The van der Waals surface area contributed by atoms with E-state index in [2.05, 4.69) is 228 Å². The summed E-state index contributed by atoms with van der Waals surface area (Å²) in [6.45, 7) is 8.66. The van der Waals surface area contributed by atoms with E-state index in [1.54, 1.807) is 0 Å². The molecule has 13 rings (SSSR count). The second-order valence-electron chi connectivity index (χ2n) is 17.3. The van der Waals surface area contributed by atoms with Gasteiger partial charge in [0.15, 0.2) is 0 Å². The molecule has 0 saturated heterocycles. The molecule has 0 bridgehead atoms. The molecule has 62 heavy (non-hydrogen) atoms. The minimum atomic E-state index is 1.14. The van der Waals surface area contributed by atoms with E-state index < -0.39 is 0 Å². The second-order valence-corrected chi connectivity index (χ2v) is 17.3. The molecule has 4 heterocycles. The van der Waals surface area contributed by atoms with Crippen LogP contribution in [0, 0.1) is 27.7 Å². The van der Waals surface area contributed by atoms with Gasteiger partial charge >= 0.3 is 0 Å². The van der Waals surface area contributed by atoms with Crippen LogP contribution in [0.4, 0.5) is 34.1 Å². The standard InChI is InChI=1S/C58H42N4/c1-35-19-23-39(24-20-35)59(41-13-9-11-37(3)31-41)51-29-27-43-47-33-54-48(34-53(47)61-49-17-7-5-15-45(49)55(51)57(43)61)44-28-30-52(56-46-16-6-8-18-50(46)62(54)58(44)56)60(40-25-21-36(2)22-26-40)42-14-10-12-38(4)32-42/h5-34H,1-4H3. The minimum Gasteiger partial charge on any atom is -0.310 e. The lowest BCUT2D eigenvalue weighted by Crippen LogP contribution is -2.10. The highest BCUT2D eigenvalue weighted by molar-refractivity contribution is 6.32. The Hall–Kier alpha value is -7.82. The van der Waals surface area contributed by atoms with Crippen molar-refractivity contribution in [2.24, 2.45) is 0 Å². The Kier molecular flexibility index (Phi) is 7.25. The van der Waals surface area contributed by atoms with E-state index in [0.717, 1.165) is 22.7 Å². The van der Waals surface area contributed by atoms with Crippen LogP contribution in [-0.2, 0) is 0 Å². The number of aromatic nitrogens is 2. The molecule has 0 spiro atoms. The molecule has 0 radical (unpaired) electrons. The summed E-state index contributed by atoms with van der Waals surface area (Å²) >= 11 is 0. The van der Waals surface area contributed by atoms with Crippen molar-refractivity contribution < 1.29 is 0 Å². The van der Waals surface area contributed by atoms with Gasteiger partial charge in [-0.15, -0.1) is 0 Å². The fraction of sp³-hybridized carbons (Fsp3) is 0.0690. The van der Waals surface area contributed by atoms with E-state index in [4.69, 9.17) is 0 Å². The van der Waals surface area contributed by atoms with Crippen molar-refractivity contribution in [1.29, 1.82) is 0 Å². The Morgan fingerprint density at radius 3 is 1.13 bits per heavy atom. The maximum absolute atomic E-state index is 2.54. The summed E-state index contributed by atoms with van der Waals surface area (Å²) in [7, 11) is 0. The molecule has 0 amide bonds. The van der Waals surface area contributed by atoms with Crippen molar-refractivity contribution in [3.8, 4) is 0 Å². The van der Waals surface area contributed by atoms with Gasteiger partial charge in [-0.3, -0.25) is 0 Å². The predicted molar refractivity (Wildman–Crippen MR) is 264 cm³/mol. The molecule has 0 saturated carbocycles. The van der Waals surface area contributed by atoms with Crippen LogP contribution in [0.5, 0.6) is 0 Å². The molecule has 13 aromatic rings. The molecular formula is C58H42N4. The number of para-hydroxylation sites is 2. The first-order chi connectivity index (χ1) is 30.4. The van der Waals surface area contributed by atoms with Crippen LogP contribution in [0.2, 0.25) is 0 Å². The van der Waals surface area contributed by atoms with Crippen molar-refractivity contribution in [3.63, 3.8) is 0 Å². The van der Waals surface area contributed by atoms with Gasteiger partial charge in [-0.2, -0.15) is 0 Å². The smallest absolute Gasteiger partial charge is 0.0641 e. The van der Waals surface area contributed by atoms with Crippen molar-refractivity contribution in [2.45, 2.75) is 27.7 Å². The van der Waals surface area contributed by atoms with Crippen LogP contribution in [-0.4, -0.2) is 8.80 Å². The van der Waals surface area contributed by atoms with E-state index >= 15 is 0 Å². The Morgan fingerprint density at radius 1 is 0.290 bits per heavy atom. The number of benzene rings is 9. The first kappa shape index (κ1) is 35.0. The maximum Gasteiger partial charge on any atom is 0.0641 e. The summed E-state index contributed by atoms with van der Waals surface area (Å²) in [5.74, 6) is 0. The number of nitrogens with zero attached hydrogens (tertiary/aromatic N) is 4. The van der Waals surface area contributed by atoms with Crippen LogP contribution >= 0.6 is 0 Å². The van der Waals surface area contributed by atoms with E-state index in [-0.39, 0.29) is 0 Å². The van der Waals surface area contributed by atoms with Crippen LogP contribution in [0.1, 0.15) is 22.3 Å². The zero-order valence-corrected chi connectivity index (χ0v) is 35.1. The average Bonchev–Trinajstić information content (AvgIpc) is 4.01. The average molecular weight is 795 g/mol. The first-order valence-electron chi connectivity index (χ1n) is 21.6. The quantitative estimate of drug-likeness (QED) is 0.167. The maximum atomic E-state index is 2.54. The summed E-state index contributed by atoms with van der Waals surface area (Å²) < 4.78 is 5.08.